The van der Waals surface area contributed by atoms with Crippen LogP contribution < -0.4 is 4.74 Å². The number of rotatable bonds is 4. The summed E-state index contributed by atoms with van der Waals surface area (Å²) in [6.07, 6.45) is 0. The summed E-state index contributed by atoms with van der Waals surface area (Å²) in [7, 11) is 0. The number of benzene rings is 2. The topological polar surface area (TPSA) is 33.0 Å². The fraction of sp³-hybridized carbons (Fsp3) is 0.133. The van der Waals surface area contributed by atoms with Gasteiger partial charge in [-0.05, 0) is 35.9 Å². The van der Waals surface area contributed by atoms with E-state index >= 15 is 0 Å². The molecule has 0 aliphatic carbocycles. The van der Waals surface area contributed by atoms with Gasteiger partial charge in [0.05, 0.1) is 11.6 Å². The van der Waals surface area contributed by atoms with Gasteiger partial charge in [0, 0.05) is 11.4 Å². The van der Waals surface area contributed by atoms with Crippen LogP contribution in [-0.4, -0.2) is 0 Å². The minimum Gasteiger partial charge on any atom is -0.489 e. The molecular formula is C15H11ClFNO. The van der Waals surface area contributed by atoms with Gasteiger partial charge in [-0.15, -0.1) is 11.6 Å². The maximum atomic E-state index is 13.5. The van der Waals surface area contributed by atoms with Crippen molar-refractivity contribution >= 4 is 11.6 Å². The number of alkyl halides is 1. The molecule has 0 N–H and O–H groups in total. The summed E-state index contributed by atoms with van der Waals surface area (Å²) in [6.45, 7) is 0.0765. The zero-order chi connectivity index (χ0) is 13.7. The molecule has 0 radical (unpaired) electrons. The van der Waals surface area contributed by atoms with E-state index in [1.807, 2.05) is 18.2 Å². The van der Waals surface area contributed by atoms with Gasteiger partial charge in [0.25, 0.3) is 0 Å². The zero-order valence-electron chi connectivity index (χ0n) is 10.1. The predicted molar refractivity (Wildman–Crippen MR) is 71.4 cm³/mol. The van der Waals surface area contributed by atoms with E-state index in [2.05, 4.69) is 0 Å². The van der Waals surface area contributed by atoms with Crippen LogP contribution in [0.5, 0.6) is 5.75 Å². The largest absolute Gasteiger partial charge is 0.489 e. The number of nitriles is 1. The highest BCUT2D eigenvalue weighted by Crippen LogP contribution is 2.18. The van der Waals surface area contributed by atoms with Crippen molar-refractivity contribution in [3.05, 3.63) is 65.0 Å². The van der Waals surface area contributed by atoms with Crippen molar-refractivity contribution in [2.75, 3.05) is 0 Å². The van der Waals surface area contributed by atoms with Crippen molar-refractivity contribution in [2.45, 2.75) is 12.5 Å². The number of hydrogen-bond acceptors (Lipinski definition) is 2. The Labute approximate surface area is 116 Å². The summed E-state index contributed by atoms with van der Waals surface area (Å²) in [5, 5.41) is 8.78. The third kappa shape index (κ3) is 3.46. The Bertz CT molecular complexity index is 622. The smallest absolute Gasteiger partial charge is 0.129 e. The summed E-state index contributed by atoms with van der Waals surface area (Å²) < 4.78 is 19.1. The van der Waals surface area contributed by atoms with Crippen molar-refractivity contribution in [3.63, 3.8) is 0 Å². The minimum atomic E-state index is -0.382. The van der Waals surface area contributed by atoms with E-state index < -0.39 is 0 Å². The lowest BCUT2D eigenvalue weighted by Gasteiger charge is -2.08. The van der Waals surface area contributed by atoms with Crippen LogP contribution in [0.1, 0.15) is 16.7 Å². The summed E-state index contributed by atoms with van der Waals surface area (Å²) in [5.41, 5.74) is 1.70. The molecule has 2 rings (SSSR count). The molecule has 0 atom stereocenters. The van der Waals surface area contributed by atoms with Crippen LogP contribution in [-0.2, 0) is 12.5 Å². The summed E-state index contributed by atoms with van der Waals surface area (Å²) >= 11 is 5.73. The lowest BCUT2D eigenvalue weighted by Crippen LogP contribution is -1.99. The second-order valence-electron chi connectivity index (χ2n) is 3.99. The Hall–Kier alpha value is -2.05. The SMILES string of the molecule is N#Cc1ccc(F)c(COc2cccc(CCl)c2)c1. The molecule has 0 heterocycles. The number of hydrogen-bond donors (Lipinski definition) is 0. The molecule has 19 heavy (non-hydrogen) atoms. The molecule has 0 aliphatic rings. The van der Waals surface area contributed by atoms with Crippen molar-refractivity contribution in [1.29, 1.82) is 5.26 Å². The van der Waals surface area contributed by atoms with E-state index in [1.165, 1.54) is 18.2 Å². The summed E-state index contributed by atoms with van der Waals surface area (Å²) in [4.78, 5) is 0. The Morgan fingerprint density at radius 1 is 1.21 bits per heavy atom. The van der Waals surface area contributed by atoms with Crippen LogP contribution in [0, 0.1) is 17.1 Å². The number of nitrogens with zero attached hydrogens (tertiary/aromatic N) is 1. The van der Waals surface area contributed by atoms with Crippen molar-refractivity contribution in [1.82, 2.24) is 0 Å². The van der Waals surface area contributed by atoms with Gasteiger partial charge in [-0.1, -0.05) is 12.1 Å². The van der Waals surface area contributed by atoms with Crippen LogP contribution in [0.3, 0.4) is 0 Å². The Kier molecular flexibility index (Phi) is 4.38. The Morgan fingerprint density at radius 3 is 2.79 bits per heavy atom. The van der Waals surface area contributed by atoms with Gasteiger partial charge in [-0.3, -0.25) is 0 Å². The van der Waals surface area contributed by atoms with Crippen LogP contribution in [0.2, 0.25) is 0 Å². The average molecular weight is 276 g/mol. The number of halogens is 2. The molecule has 2 aromatic carbocycles. The molecule has 0 saturated carbocycles. The van der Waals surface area contributed by atoms with Crippen LogP contribution >= 0.6 is 11.6 Å². The van der Waals surface area contributed by atoms with E-state index in [0.29, 0.717) is 22.8 Å². The molecule has 0 spiro atoms. The molecule has 4 heteroatoms. The molecule has 0 saturated heterocycles. The second-order valence-corrected chi connectivity index (χ2v) is 4.25. The molecule has 0 fully saturated rings. The highest BCUT2D eigenvalue weighted by Gasteiger charge is 2.05. The third-order valence-corrected chi connectivity index (χ3v) is 2.93. The fourth-order valence-corrected chi connectivity index (χ4v) is 1.80. The van der Waals surface area contributed by atoms with Gasteiger partial charge in [0.15, 0.2) is 0 Å². The van der Waals surface area contributed by atoms with E-state index in [4.69, 9.17) is 21.6 Å². The van der Waals surface area contributed by atoms with Crippen molar-refractivity contribution in [3.8, 4) is 11.8 Å². The van der Waals surface area contributed by atoms with Crippen LogP contribution in [0.25, 0.3) is 0 Å². The van der Waals surface area contributed by atoms with E-state index in [0.717, 1.165) is 5.56 Å². The van der Waals surface area contributed by atoms with Gasteiger partial charge in [0.1, 0.15) is 18.2 Å². The first-order valence-corrected chi connectivity index (χ1v) is 6.22. The minimum absolute atomic E-state index is 0.0765. The quantitative estimate of drug-likeness (QED) is 0.790. The maximum absolute atomic E-state index is 13.5. The predicted octanol–water partition coefficient (Wildman–Crippen LogP) is 4.02. The molecular weight excluding hydrogens is 265 g/mol. The maximum Gasteiger partial charge on any atom is 0.129 e. The van der Waals surface area contributed by atoms with E-state index in [1.54, 1.807) is 12.1 Å². The molecule has 0 unspecified atom stereocenters. The summed E-state index contributed by atoms with van der Waals surface area (Å²) in [6, 6.07) is 13.5. The van der Waals surface area contributed by atoms with Gasteiger partial charge in [-0.25, -0.2) is 4.39 Å². The third-order valence-electron chi connectivity index (χ3n) is 2.62. The van der Waals surface area contributed by atoms with Gasteiger partial charge in [0.2, 0.25) is 0 Å². The highest BCUT2D eigenvalue weighted by atomic mass is 35.5. The lowest BCUT2D eigenvalue weighted by molar-refractivity contribution is 0.299. The molecule has 0 bridgehead atoms. The normalized spacial score (nSPS) is 9.95. The van der Waals surface area contributed by atoms with E-state index in [-0.39, 0.29) is 12.4 Å². The monoisotopic (exact) mass is 275 g/mol. The fourth-order valence-electron chi connectivity index (χ4n) is 1.63. The first-order chi connectivity index (χ1) is 9.22. The van der Waals surface area contributed by atoms with Crippen molar-refractivity contribution < 1.29 is 9.13 Å². The molecule has 2 aromatic rings. The van der Waals surface area contributed by atoms with Gasteiger partial charge < -0.3 is 4.74 Å². The second kappa shape index (κ2) is 6.21. The standard InChI is InChI=1S/C15H11ClFNO/c16-8-11-2-1-3-14(7-11)19-10-13-6-12(9-18)4-5-15(13)17/h1-7H,8,10H2. The highest BCUT2D eigenvalue weighted by molar-refractivity contribution is 6.17. The number of ether oxygens (including phenoxy) is 1. The van der Waals surface area contributed by atoms with Gasteiger partial charge in [-0.2, -0.15) is 5.26 Å². The lowest BCUT2D eigenvalue weighted by atomic mass is 10.1. The molecule has 96 valence electrons. The first kappa shape index (κ1) is 13.4. The molecule has 0 aromatic heterocycles. The van der Waals surface area contributed by atoms with Crippen LogP contribution in [0.15, 0.2) is 42.5 Å². The van der Waals surface area contributed by atoms with Gasteiger partial charge >= 0.3 is 0 Å². The van der Waals surface area contributed by atoms with Crippen molar-refractivity contribution in [2.24, 2.45) is 0 Å². The Balaban J connectivity index is 2.12. The van der Waals surface area contributed by atoms with Crippen LogP contribution in [0.4, 0.5) is 4.39 Å². The summed E-state index contributed by atoms with van der Waals surface area (Å²) in [5.74, 6) is 0.641. The molecule has 0 amide bonds. The average Bonchev–Trinajstić information content (AvgIpc) is 2.46. The Morgan fingerprint density at radius 2 is 2.05 bits per heavy atom. The first-order valence-electron chi connectivity index (χ1n) is 5.69. The zero-order valence-corrected chi connectivity index (χ0v) is 10.8. The molecule has 0 aliphatic heterocycles. The van der Waals surface area contributed by atoms with E-state index in [9.17, 15) is 4.39 Å². The molecule has 2 nitrogen and oxygen atoms in total.